The van der Waals surface area contributed by atoms with Crippen LogP contribution in [0.15, 0.2) is 23.6 Å². The van der Waals surface area contributed by atoms with Crippen LogP contribution < -0.4 is 5.32 Å². The van der Waals surface area contributed by atoms with Crippen LogP contribution in [0.1, 0.15) is 42.3 Å². The van der Waals surface area contributed by atoms with Crippen LogP contribution in [-0.2, 0) is 23.9 Å². The first-order chi connectivity index (χ1) is 12.8. The van der Waals surface area contributed by atoms with Crippen LogP contribution in [0.3, 0.4) is 0 Å². The van der Waals surface area contributed by atoms with Crippen molar-refractivity contribution in [3.63, 3.8) is 0 Å². The standard InChI is InChI=1S/C18H20F4N4O/c19-14-8-12(4-3-11(14)10-25-7-1-2-16(25)27)26-15-9-23-6-5-13(15)17(24-26)18(20,21)22/h3,8,12,23H,1-2,4-7,9-10H2. The van der Waals surface area contributed by atoms with Crippen LogP contribution >= 0.6 is 0 Å². The molecule has 0 radical (unpaired) electrons. The Kier molecular flexibility index (Phi) is 4.57. The van der Waals surface area contributed by atoms with Crippen LogP contribution in [0.2, 0.25) is 0 Å². The minimum atomic E-state index is -4.53. The smallest absolute Gasteiger partial charge is 0.338 e. The maximum Gasteiger partial charge on any atom is 0.435 e. The van der Waals surface area contributed by atoms with E-state index in [1.165, 1.54) is 10.8 Å². The van der Waals surface area contributed by atoms with Gasteiger partial charge in [-0.25, -0.2) is 4.39 Å². The molecule has 1 amide bonds. The van der Waals surface area contributed by atoms with Gasteiger partial charge in [-0.2, -0.15) is 18.3 Å². The molecule has 3 aliphatic rings. The number of rotatable bonds is 3. The van der Waals surface area contributed by atoms with Crippen LogP contribution in [-0.4, -0.2) is 40.2 Å². The number of fused-ring (bicyclic) bond motifs is 1. The van der Waals surface area contributed by atoms with Gasteiger partial charge in [-0.15, -0.1) is 0 Å². The zero-order valence-electron chi connectivity index (χ0n) is 14.7. The zero-order valence-corrected chi connectivity index (χ0v) is 14.7. The molecule has 4 rings (SSSR count). The summed E-state index contributed by atoms with van der Waals surface area (Å²) in [4.78, 5) is 13.3. The average Bonchev–Trinajstić information content (AvgIpc) is 3.20. The lowest BCUT2D eigenvalue weighted by Gasteiger charge is -2.24. The highest BCUT2D eigenvalue weighted by molar-refractivity contribution is 5.78. The van der Waals surface area contributed by atoms with E-state index in [0.29, 0.717) is 37.2 Å². The van der Waals surface area contributed by atoms with E-state index in [2.05, 4.69) is 10.4 Å². The van der Waals surface area contributed by atoms with Crippen molar-refractivity contribution in [3.05, 3.63) is 40.5 Å². The molecule has 1 aromatic heterocycles. The Balaban J connectivity index is 1.59. The van der Waals surface area contributed by atoms with Crippen molar-refractivity contribution in [2.45, 2.75) is 44.4 Å². The fourth-order valence-electron chi connectivity index (χ4n) is 3.97. The van der Waals surface area contributed by atoms with Crippen LogP contribution in [0.5, 0.6) is 0 Å². The highest BCUT2D eigenvalue weighted by atomic mass is 19.4. The van der Waals surface area contributed by atoms with E-state index >= 15 is 0 Å². The number of allylic oxidation sites excluding steroid dienone is 2. The number of halogens is 4. The Morgan fingerprint density at radius 1 is 1.30 bits per heavy atom. The molecule has 27 heavy (non-hydrogen) atoms. The second-order valence-electron chi connectivity index (χ2n) is 7.11. The lowest BCUT2D eigenvalue weighted by molar-refractivity contribution is -0.142. The number of nitrogens with zero attached hydrogens (tertiary/aromatic N) is 3. The fourth-order valence-corrected chi connectivity index (χ4v) is 3.97. The number of nitrogens with one attached hydrogen (secondary N) is 1. The third-order valence-corrected chi connectivity index (χ3v) is 5.33. The monoisotopic (exact) mass is 384 g/mol. The minimum absolute atomic E-state index is 0.00728. The van der Waals surface area contributed by atoms with Crippen molar-refractivity contribution in [2.24, 2.45) is 0 Å². The second kappa shape index (κ2) is 6.78. The van der Waals surface area contributed by atoms with Crippen LogP contribution in [0, 0.1) is 0 Å². The van der Waals surface area contributed by atoms with Gasteiger partial charge in [0.05, 0.1) is 11.7 Å². The third-order valence-electron chi connectivity index (χ3n) is 5.33. The zero-order chi connectivity index (χ0) is 19.2. The van der Waals surface area contributed by atoms with E-state index in [-0.39, 0.29) is 31.0 Å². The van der Waals surface area contributed by atoms with E-state index in [1.54, 1.807) is 11.0 Å². The Morgan fingerprint density at radius 2 is 2.11 bits per heavy atom. The largest absolute Gasteiger partial charge is 0.435 e. The van der Waals surface area contributed by atoms with E-state index in [1.807, 2.05) is 0 Å². The van der Waals surface area contributed by atoms with Crippen molar-refractivity contribution in [1.82, 2.24) is 20.0 Å². The van der Waals surface area contributed by atoms with Gasteiger partial charge < -0.3 is 10.2 Å². The molecule has 1 unspecified atom stereocenters. The minimum Gasteiger partial charge on any atom is -0.338 e. The Labute approximate surface area is 153 Å². The molecule has 0 bridgehead atoms. The highest BCUT2D eigenvalue weighted by Gasteiger charge is 2.40. The summed E-state index contributed by atoms with van der Waals surface area (Å²) in [5.41, 5.74) is 0.212. The van der Waals surface area contributed by atoms with Gasteiger partial charge in [0.25, 0.3) is 0 Å². The molecular weight excluding hydrogens is 364 g/mol. The SMILES string of the molecule is O=C1CCCN1CC1=CCC(n2nc(C(F)(F)F)c3c2CNCC3)C=C1F. The lowest BCUT2D eigenvalue weighted by Crippen LogP contribution is -2.29. The van der Waals surface area contributed by atoms with Gasteiger partial charge in [0.2, 0.25) is 5.91 Å². The molecule has 0 aromatic carbocycles. The van der Waals surface area contributed by atoms with Gasteiger partial charge >= 0.3 is 6.18 Å². The molecule has 3 heterocycles. The Hall–Kier alpha value is -2.16. The summed E-state index contributed by atoms with van der Waals surface area (Å²) in [6, 6.07) is -0.604. The van der Waals surface area contributed by atoms with Crippen molar-refractivity contribution >= 4 is 5.91 Å². The number of hydrogen-bond donors (Lipinski definition) is 1. The highest BCUT2D eigenvalue weighted by Crippen LogP contribution is 2.37. The molecule has 146 valence electrons. The number of carbonyl (C=O) groups is 1. The predicted molar refractivity (Wildman–Crippen MR) is 89.4 cm³/mol. The van der Waals surface area contributed by atoms with Gasteiger partial charge in [-0.3, -0.25) is 9.48 Å². The summed E-state index contributed by atoms with van der Waals surface area (Å²) >= 11 is 0. The van der Waals surface area contributed by atoms with E-state index in [9.17, 15) is 22.4 Å². The number of carbonyl (C=O) groups excluding carboxylic acids is 1. The van der Waals surface area contributed by atoms with Crippen molar-refractivity contribution in [1.29, 1.82) is 0 Å². The van der Waals surface area contributed by atoms with Gasteiger partial charge in [-0.1, -0.05) is 6.08 Å². The van der Waals surface area contributed by atoms with E-state index in [4.69, 9.17) is 0 Å². The molecule has 1 atom stereocenters. The molecule has 1 fully saturated rings. The first-order valence-electron chi connectivity index (χ1n) is 9.07. The maximum absolute atomic E-state index is 14.6. The van der Waals surface area contributed by atoms with Crippen molar-refractivity contribution in [3.8, 4) is 0 Å². The molecular formula is C18H20F4N4O. The quantitative estimate of drug-likeness (QED) is 0.816. The first-order valence-corrected chi connectivity index (χ1v) is 9.07. The molecule has 0 saturated carbocycles. The summed E-state index contributed by atoms with van der Waals surface area (Å²) in [6.45, 7) is 1.56. The van der Waals surface area contributed by atoms with Crippen LogP contribution in [0.25, 0.3) is 0 Å². The fraction of sp³-hybridized carbons (Fsp3) is 0.556. The number of alkyl halides is 3. The predicted octanol–water partition coefficient (Wildman–Crippen LogP) is 2.89. The molecule has 5 nitrogen and oxygen atoms in total. The lowest BCUT2D eigenvalue weighted by atomic mass is 10.00. The number of likely N-dealkylation sites (tertiary alicyclic amines) is 1. The number of amides is 1. The molecule has 0 spiro atoms. The first kappa shape index (κ1) is 18.2. The summed E-state index contributed by atoms with van der Waals surface area (Å²) in [7, 11) is 0. The number of aromatic nitrogens is 2. The van der Waals surface area contributed by atoms with Gasteiger partial charge in [0.1, 0.15) is 5.83 Å². The second-order valence-corrected chi connectivity index (χ2v) is 7.11. The summed E-state index contributed by atoms with van der Waals surface area (Å²) in [6.07, 6.45) is 0.305. The van der Waals surface area contributed by atoms with Gasteiger partial charge in [-0.05, 0) is 31.9 Å². The molecule has 1 aromatic rings. The Bertz CT molecular complexity index is 824. The normalized spacial score (nSPS) is 23.3. The Morgan fingerprint density at radius 3 is 2.78 bits per heavy atom. The molecule has 1 N–H and O–H groups in total. The summed E-state index contributed by atoms with van der Waals surface area (Å²) in [5.74, 6) is -0.486. The third kappa shape index (κ3) is 3.40. The molecule has 2 aliphatic heterocycles. The van der Waals surface area contributed by atoms with Crippen molar-refractivity contribution in [2.75, 3.05) is 19.6 Å². The van der Waals surface area contributed by atoms with E-state index in [0.717, 1.165) is 6.42 Å². The maximum atomic E-state index is 14.6. The molecule has 9 heteroatoms. The van der Waals surface area contributed by atoms with Gasteiger partial charge in [0.15, 0.2) is 5.69 Å². The summed E-state index contributed by atoms with van der Waals surface area (Å²) < 4.78 is 55.9. The average molecular weight is 384 g/mol. The molecule has 1 saturated heterocycles. The van der Waals surface area contributed by atoms with Gasteiger partial charge in [0, 0.05) is 37.2 Å². The summed E-state index contributed by atoms with van der Waals surface area (Å²) in [5, 5.41) is 6.86. The topological polar surface area (TPSA) is 50.2 Å². The van der Waals surface area contributed by atoms with E-state index < -0.39 is 23.7 Å². The van der Waals surface area contributed by atoms with Crippen LogP contribution in [0.4, 0.5) is 17.6 Å². The molecule has 1 aliphatic carbocycles. The number of hydrogen-bond acceptors (Lipinski definition) is 3. The van der Waals surface area contributed by atoms with Crippen molar-refractivity contribution < 1.29 is 22.4 Å².